The fourth-order valence-electron chi connectivity index (χ4n) is 4.93. The van der Waals surface area contributed by atoms with Gasteiger partial charge in [-0.15, -0.1) is 0 Å². The average Bonchev–Trinajstić information content (AvgIpc) is 2.83. The molecule has 1 aliphatic carbocycles. The number of ether oxygens (including phenoxy) is 2. The van der Waals surface area contributed by atoms with Crippen LogP contribution in [0.1, 0.15) is 63.5 Å². The highest BCUT2D eigenvalue weighted by Crippen LogP contribution is 2.33. The van der Waals surface area contributed by atoms with Crippen molar-refractivity contribution in [1.29, 1.82) is 0 Å². The van der Waals surface area contributed by atoms with E-state index < -0.39 is 10.2 Å². The summed E-state index contributed by atoms with van der Waals surface area (Å²) in [5, 5.41) is 3.07. The summed E-state index contributed by atoms with van der Waals surface area (Å²) in [5.74, 6) is 0.954. The van der Waals surface area contributed by atoms with Crippen LogP contribution in [-0.2, 0) is 15.0 Å². The molecule has 1 saturated heterocycles. The minimum Gasteiger partial charge on any atom is -0.486 e. The largest absolute Gasteiger partial charge is 0.486 e. The molecule has 0 radical (unpaired) electrons. The minimum atomic E-state index is -3.56. The fraction of sp³-hybridized carbons (Fsp3) is 0.696. The second-order valence-electron chi connectivity index (χ2n) is 9.15. The van der Waals surface area contributed by atoms with Crippen molar-refractivity contribution in [3.8, 4) is 11.5 Å². The van der Waals surface area contributed by atoms with Crippen LogP contribution in [0.5, 0.6) is 11.5 Å². The third kappa shape index (κ3) is 5.05. The first-order valence-corrected chi connectivity index (χ1v) is 13.2. The number of carbonyl (C=O) groups excluding carboxylic acids is 1. The normalized spacial score (nSPS) is 23.7. The number of fused-ring (bicyclic) bond motifs is 1. The Bertz CT molecular complexity index is 916. The molecule has 178 valence electrons. The van der Waals surface area contributed by atoms with Gasteiger partial charge in [0.2, 0.25) is 5.91 Å². The molecule has 1 aromatic rings. The second-order valence-corrected chi connectivity index (χ2v) is 11.1. The monoisotopic (exact) mass is 465 g/mol. The van der Waals surface area contributed by atoms with Gasteiger partial charge in [0.25, 0.3) is 10.2 Å². The van der Waals surface area contributed by atoms with Crippen LogP contribution in [0, 0.1) is 5.92 Å². The fourth-order valence-corrected chi connectivity index (χ4v) is 6.61. The van der Waals surface area contributed by atoms with E-state index in [-0.39, 0.29) is 30.5 Å². The third-order valence-electron chi connectivity index (χ3n) is 6.96. The van der Waals surface area contributed by atoms with Crippen LogP contribution in [0.3, 0.4) is 0 Å². The van der Waals surface area contributed by atoms with E-state index in [4.69, 9.17) is 9.47 Å². The van der Waals surface area contributed by atoms with Crippen molar-refractivity contribution in [1.82, 2.24) is 13.9 Å². The van der Waals surface area contributed by atoms with E-state index in [1.807, 2.05) is 25.1 Å². The molecule has 3 aliphatic rings. The van der Waals surface area contributed by atoms with E-state index in [0.717, 1.165) is 31.2 Å². The Hall–Kier alpha value is -1.84. The van der Waals surface area contributed by atoms with Gasteiger partial charge in [0.05, 0.1) is 12.0 Å². The molecule has 32 heavy (non-hydrogen) atoms. The summed E-state index contributed by atoms with van der Waals surface area (Å²) in [6, 6.07) is 5.54. The Morgan fingerprint density at radius 1 is 1.09 bits per heavy atom. The van der Waals surface area contributed by atoms with Gasteiger partial charge < -0.3 is 14.8 Å². The smallest absolute Gasteiger partial charge is 0.281 e. The van der Waals surface area contributed by atoms with Crippen LogP contribution in [0.25, 0.3) is 0 Å². The molecule has 1 aromatic carbocycles. The first-order chi connectivity index (χ1) is 15.4. The van der Waals surface area contributed by atoms with Crippen molar-refractivity contribution in [3.05, 3.63) is 23.8 Å². The van der Waals surface area contributed by atoms with E-state index >= 15 is 0 Å². The van der Waals surface area contributed by atoms with Crippen LogP contribution >= 0.6 is 0 Å². The SMILES string of the molecule is CC(NC(=O)C1CCCN(S(=O)(=O)N(C)C2CCCCC2)C1)c1ccc2c(c1)OCCO2. The van der Waals surface area contributed by atoms with Crippen molar-refractivity contribution in [2.45, 2.75) is 64.0 Å². The van der Waals surface area contributed by atoms with E-state index in [9.17, 15) is 13.2 Å². The first kappa shape index (κ1) is 23.3. The Morgan fingerprint density at radius 2 is 1.81 bits per heavy atom. The quantitative estimate of drug-likeness (QED) is 0.698. The summed E-state index contributed by atoms with van der Waals surface area (Å²) < 4.78 is 40.7. The lowest BCUT2D eigenvalue weighted by Crippen LogP contribution is -2.52. The summed E-state index contributed by atoms with van der Waals surface area (Å²) in [6.07, 6.45) is 6.55. The van der Waals surface area contributed by atoms with Crippen molar-refractivity contribution in [3.63, 3.8) is 0 Å². The molecule has 1 saturated carbocycles. The van der Waals surface area contributed by atoms with Gasteiger partial charge in [-0.2, -0.15) is 17.0 Å². The van der Waals surface area contributed by atoms with Gasteiger partial charge in [0.1, 0.15) is 13.2 Å². The Balaban J connectivity index is 1.37. The molecule has 2 fully saturated rings. The Labute approximate surface area is 191 Å². The maximum absolute atomic E-state index is 13.2. The Kier molecular flexibility index (Phi) is 7.27. The second kappa shape index (κ2) is 9.97. The van der Waals surface area contributed by atoms with Gasteiger partial charge in [-0.1, -0.05) is 25.3 Å². The number of nitrogens with one attached hydrogen (secondary N) is 1. The zero-order valence-electron chi connectivity index (χ0n) is 19.1. The van der Waals surface area contributed by atoms with Crippen LogP contribution in [0.2, 0.25) is 0 Å². The molecule has 2 heterocycles. The highest BCUT2D eigenvalue weighted by atomic mass is 32.2. The molecule has 0 bridgehead atoms. The molecule has 1 N–H and O–H groups in total. The summed E-state index contributed by atoms with van der Waals surface area (Å²) >= 11 is 0. The Morgan fingerprint density at radius 3 is 2.56 bits per heavy atom. The topological polar surface area (TPSA) is 88.2 Å². The van der Waals surface area contributed by atoms with Crippen molar-refractivity contribution >= 4 is 16.1 Å². The summed E-state index contributed by atoms with van der Waals surface area (Å²) in [4.78, 5) is 13.0. The molecule has 8 nitrogen and oxygen atoms in total. The molecule has 2 atom stereocenters. The number of piperidine rings is 1. The van der Waals surface area contributed by atoms with Gasteiger partial charge in [-0.25, -0.2) is 0 Å². The molecule has 2 aliphatic heterocycles. The lowest BCUT2D eigenvalue weighted by atomic mass is 9.96. The molecule has 1 amide bonds. The highest BCUT2D eigenvalue weighted by Gasteiger charge is 2.37. The average molecular weight is 466 g/mol. The molecular formula is C23H35N3O5S. The predicted octanol–water partition coefficient (Wildman–Crippen LogP) is 2.86. The maximum atomic E-state index is 13.2. The number of amides is 1. The van der Waals surface area contributed by atoms with Crippen LogP contribution < -0.4 is 14.8 Å². The highest BCUT2D eigenvalue weighted by molar-refractivity contribution is 7.86. The van der Waals surface area contributed by atoms with E-state index in [0.29, 0.717) is 44.1 Å². The summed E-state index contributed by atoms with van der Waals surface area (Å²) in [7, 11) is -1.87. The number of rotatable bonds is 6. The molecular weight excluding hydrogens is 430 g/mol. The minimum absolute atomic E-state index is 0.0678. The van der Waals surface area contributed by atoms with E-state index in [2.05, 4.69) is 5.32 Å². The van der Waals surface area contributed by atoms with Crippen molar-refractivity contribution < 1.29 is 22.7 Å². The van der Waals surface area contributed by atoms with Gasteiger partial charge in [0.15, 0.2) is 11.5 Å². The van der Waals surface area contributed by atoms with Crippen LogP contribution in [0.15, 0.2) is 18.2 Å². The number of hydrogen-bond acceptors (Lipinski definition) is 5. The maximum Gasteiger partial charge on any atom is 0.281 e. The van der Waals surface area contributed by atoms with E-state index in [1.54, 1.807) is 11.4 Å². The zero-order chi connectivity index (χ0) is 22.7. The summed E-state index contributed by atoms with van der Waals surface area (Å²) in [5.41, 5.74) is 0.930. The van der Waals surface area contributed by atoms with Gasteiger partial charge in [-0.05, 0) is 50.3 Å². The lowest BCUT2D eigenvalue weighted by Gasteiger charge is -2.37. The number of benzene rings is 1. The zero-order valence-corrected chi connectivity index (χ0v) is 19.9. The number of carbonyl (C=O) groups is 1. The van der Waals surface area contributed by atoms with E-state index in [1.165, 1.54) is 10.7 Å². The molecule has 2 unspecified atom stereocenters. The molecule has 0 spiro atoms. The van der Waals surface area contributed by atoms with Gasteiger partial charge in [-0.3, -0.25) is 4.79 Å². The molecule has 0 aromatic heterocycles. The molecule has 9 heteroatoms. The number of nitrogens with zero attached hydrogens (tertiary/aromatic N) is 2. The predicted molar refractivity (Wildman–Crippen MR) is 122 cm³/mol. The summed E-state index contributed by atoms with van der Waals surface area (Å²) in [6.45, 7) is 3.69. The van der Waals surface area contributed by atoms with Crippen molar-refractivity contribution in [2.24, 2.45) is 5.92 Å². The van der Waals surface area contributed by atoms with Crippen molar-refractivity contribution in [2.75, 3.05) is 33.4 Å². The van der Waals surface area contributed by atoms with Gasteiger partial charge >= 0.3 is 0 Å². The number of hydrogen-bond donors (Lipinski definition) is 1. The van der Waals surface area contributed by atoms with Crippen LogP contribution in [-0.4, -0.2) is 62.3 Å². The third-order valence-corrected chi connectivity index (χ3v) is 8.97. The molecule has 4 rings (SSSR count). The standard InChI is InChI=1S/C23H35N3O5S/c1-17(18-10-11-21-22(15-18)31-14-13-30-21)24-23(27)19-7-6-12-26(16-19)32(28,29)25(2)20-8-4-3-5-9-20/h10-11,15,17,19-20H,3-9,12-14,16H2,1-2H3,(H,24,27). The first-order valence-electron chi connectivity index (χ1n) is 11.8. The van der Waals surface area contributed by atoms with Gasteiger partial charge in [0, 0.05) is 26.2 Å². The van der Waals surface area contributed by atoms with Crippen LogP contribution in [0.4, 0.5) is 0 Å². The lowest BCUT2D eigenvalue weighted by molar-refractivity contribution is -0.126.